The van der Waals surface area contributed by atoms with Crippen molar-refractivity contribution in [2.24, 2.45) is 0 Å². The molecule has 0 unspecified atom stereocenters. The Morgan fingerprint density at radius 1 is 1.12 bits per heavy atom. The van der Waals surface area contributed by atoms with E-state index in [1.54, 1.807) is 50.5 Å². The SMILES string of the molecule is COc1ccc(C(=O)N(C)C)cc1NC(=O)/C=C/c1ccc(F)cc1. The highest BCUT2D eigenvalue weighted by molar-refractivity contribution is 6.04. The van der Waals surface area contributed by atoms with Crippen molar-refractivity contribution in [3.05, 3.63) is 65.5 Å². The number of methoxy groups -OCH3 is 1. The molecule has 2 aromatic carbocycles. The van der Waals surface area contributed by atoms with Gasteiger partial charge in [-0.25, -0.2) is 4.39 Å². The first-order valence-corrected chi connectivity index (χ1v) is 7.55. The zero-order valence-corrected chi connectivity index (χ0v) is 14.2. The number of anilines is 1. The summed E-state index contributed by atoms with van der Waals surface area (Å²) >= 11 is 0. The molecule has 0 spiro atoms. The number of hydrogen-bond donors (Lipinski definition) is 1. The standard InChI is InChI=1S/C19H19FN2O3/c1-22(2)19(24)14-7-10-17(25-3)16(12-14)21-18(23)11-6-13-4-8-15(20)9-5-13/h4-12H,1-3H3,(H,21,23)/b11-6+. The molecule has 0 bridgehead atoms. The number of carbonyl (C=O) groups excluding carboxylic acids is 2. The lowest BCUT2D eigenvalue weighted by Crippen LogP contribution is -2.22. The maximum Gasteiger partial charge on any atom is 0.253 e. The topological polar surface area (TPSA) is 58.6 Å². The second-order valence-corrected chi connectivity index (χ2v) is 5.49. The van der Waals surface area contributed by atoms with E-state index in [0.29, 0.717) is 22.6 Å². The van der Waals surface area contributed by atoms with Gasteiger partial charge in [0.1, 0.15) is 11.6 Å². The first-order valence-electron chi connectivity index (χ1n) is 7.55. The van der Waals surface area contributed by atoms with Crippen molar-refractivity contribution < 1.29 is 18.7 Å². The third-order valence-electron chi connectivity index (χ3n) is 3.41. The lowest BCUT2D eigenvalue weighted by atomic mass is 10.1. The van der Waals surface area contributed by atoms with E-state index in [0.717, 1.165) is 0 Å². The van der Waals surface area contributed by atoms with Gasteiger partial charge in [-0.3, -0.25) is 9.59 Å². The highest BCUT2D eigenvalue weighted by atomic mass is 19.1. The number of benzene rings is 2. The van der Waals surface area contributed by atoms with Crippen LogP contribution in [0.15, 0.2) is 48.5 Å². The molecule has 0 atom stereocenters. The fraction of sp³-hybridized carbons (Fsp3) is 0.158. The molecule has 0 fully saturated rings. The maximum atomic E-state index is 12.9. The Labute approximate surface area is 145 Å². The normalized spacial score (nSPS) is 10.6. The Kier molecular flexibility index (Phi) is 5.89. The zero-order chi connectivity index (χ0) is 18.4. The van der Waals surface area contributed by atoms with Crippen LogP contribution in [0.2, 0.25) is 0 Å². The third-order valence-corrected chi connectivity index (χ3v) is 3.41. The van der Waals surface area contributed by atoms with Crippen LogP contribution in [0.5, 0.6) is 5.75 Å². The molecule has 6 heteroatoms. The van der Waals surface area contributed by atoms with E-state index in [4.69, 9.17) is 4.74 Å². The molecule has 0 radical (unpaired) electrons. The number of carbonyl (C=O) groups is 2. The summed E-state index contributed by atoms with van der Waals surface area (Å²) in [7, 11) is 4.78. The minimum absolute atomic E-state index is 0.181. The van der Waals surface area contributed by atoms with Gasteiger partial charge in [-0.05, 0) is 42.0 Å². The Morgan fingerprint density at radius 2 is 1.80 bits per heavy atom. The van der Waals surface area contributed by atoms with E-state index in [-0.39, 0.29) is 11.7 Å². The molecule has 130 valence electrons. The van der Waals surface area contributed by atoms with Crippen LogP contribution in [-0.4, -0.2) is 37.9 Å². The minimum atomic E-state index is -0.392. The molecular formula is C19H19FN2O3. The first kappa shape index (κ1) is 18.2. The monoisotopic (exact) mass is 342 g/mol. The highest BCUT2D eigenvalue weighted by Crippen LogP contribution is 2.26. The molecule has 25 heavy (non-hydrogen) atoms. The van der Waals surface area contributed by atoms with E-state index in [1.165, 1.54) is 30.2 Å². The van der Waals surface area contributed by atoms with Crippen LogP contribution < -0.4 is 10.1 Å². The summed E-state index contributed by atoms with van der Waals surface area (Å²) in [6.07, 6.45) is 2.89. The summed E-state index contributed by atoms with van der Waals surface area (Å²) in [6, 6.07) is 10.6. The molecule has 0 saturated carbocycles. The number of ether oxygens (including phenoxy) is 1. The van der Waals surface area contributed by atoms with Gasteiger partial charge in [0.2, 0.25) is 5.91 Å². The van der Waals surface area contributed by atoms with Gasteiger partial charge < -0.3 is 15.0 Å². The van der Waals surface area contributed by atoms with Gasteiger partial charge in [-0.2, -0.15) is 0 Å². The van der Waals surface area contributed by atoms with Gasteiger partial charge in [0.05, 0.1) is 12.8 Å². The number of amides is 2. The van der Waals surface area contributed by atoms with E-state index < -0.39 is 5.91 Å². The number of hydrogen-bond acceptors (Lipinski definition) is 3. The van der Waals surface area contributed by atoms with Crippen molar-refractivity contribution in [2.75, 3.05) is 26.5 Å². The molecule has 0 heterocycles. The van der Waals surface area contributed by atoms with Crippen LogP contribution in [-0.2, 0) is 4.79 Å². The molecule has 0 aliphatic carbocycles. The summed E-state index contributed by atoms with van der Waals surface area (Å²) in [5.41, 5.74) is 1.52. The van der Waals surface area contributed by atoms with Gasteiger partial charge in [0.15, 0.2) is 0 Å². The summed E-state index contributed by atoms with van der Waals surface area (Å²) < 4.78 is 18.1. The molecule has 2 aromatic rings. The van der Waals surface area contributed by atoms with E-state index in [9.17, 15) is 14.0 Å². The van der Waals surface area contributed by atoms with Gasteiger partial charge in [-0.15, -0.1) is 0 Å². The second kappa shape index (κ2) is 8.10. The summed E-state index contributed by atoms with van der Waals surface area (Å²) in [5, 5.41) is 2.68. The zero-order valence-electron chi connectivity index (χ0n) is 14.2. The summed E-state index contributed by atoms with van der Waals surface area (Å²) in [5.74, 6) is -0.468. The minimum Gasteiger partial charge on any atom is -0.495 e. The van der Waals surface area contributed by atoms with Crippen LogP contribution in [0, 0.1) is 5.82 Å². The maximum absolute atomic E-state index is 12.9. The van der Waals surface area contributed by atoms with Crippen LogP contribution in [0.4, 0.5) is 10.1 Å². The quantitative estimate of drug-likeness (QED) is 0.849. The van der Waals surface area contributed by atoms with Gasteiger partial charge in [0.25, 0.3) is 5.91 Å². The van der Waals surface area contributed by atoms with E-state index in [1.807, 2.05) is 0 Å². The lowest BCUT2D eigenvalue weighted by molar-refractivity contribution is -0.111. The fourth-order valence-electron chi connectivity index (χ4n) is 2.12. The Bertz CT molecular complexity index is 799. The van der Waals surface area contributed by atoms with Crippen molar-refractivity contribution in [2.45, 2.75) is 0 Å². The molecule has 0 aromatic heterocycles. The smallest absolute Gasteiger partial charge is 0.253 e. The highest BCUT2D eigenvalue weighted by Gasteiger charge is 2.12. The molecule has 0 saturated heterocycles. The Morgan fingerprint density at radius 3 is 2.40 bits per heavy atom. The van der Waals surface area contributed by atoms with Crippen molar-refractivity contribution in [3.8, 4) is 5.75 Å². The van der Waals surface area contributed by atoms with Crippen LogP contribution in [0.1, 0.15) is 15.9 Å². The number of nitrogens with zero attached hydrogens (tertiary/aromatic N) is 1. The van der Waals surface area contributed by atoms with E-state index in [2.05, 4.69) is 5.32 Å². The first-order chi connectivity index (χ1) is 11.9. The summed E-state index contributed by atoms with van der Waals surface area (Å²) in [4.78, 5) is 25.6. The predicted molar refractivity (Wildman–Crippen MR) is 95.1 cm³/mol. The van der Waals surface area contributed by atoms with Crippen molar-refractivity contribution >= 4 is 23.6 Å². The average molecular weight is 342 g/mol. The average Bonchev–Trinajstić information content (AvgIpc) is 2.60. The number of rotatable bonds is 5. The largest absolute Gasteiger partial charge is 0.495 e. The van der Waals surface area contributed by atoms with Crippen molar-refractivity contribution in [1.29, 1.82) is 0 Å². The van der Waals surface area contributed by atoms with Crippen molar-refractivity contribution in [1.82, 2.24) is 4.90 Å². The van der Waals surface area contributed by atoms with Crippen LogP contribution >= 0.6 is 0 Å². The molecule has 1 N–H and O–H groups in total. The molecule has 0 aliphatic rings. The number of halogens is 1. The molecule has 2 rings (SSSR count). The van der Waals surface area contributed by atoms with Gasteiger partial charge >= 0.3 is 0 Å². The van der Waals surface area contributed by atoms with Crippen LogP contribution in [0.25, 0.3) is 6.08 Å². The third kappa shape index (κ3) is 4.91. The Balaban J connectivity index is 2.17. The lowest BCUT2D eigenvalue weighted by Gasteiger charge is -2.14. The van der Waals surface area contributed by atoms with Gasteiger partial charge in [-0.1, -0.05) is 12.1 Å². The predicted octanol–water partition coefficient (Wildman–Crippen LogP) is 3.19. The van der Waals surface area contributed by atoms with Crippen LogP contribution in [0.3, 0.4) is 0 Å². The Hall–Kier alpha value is -3.15. The molecule has 0 aliphatic heterocycles. The van der Waals surface area contributed by atoms with E-state index >= 15 is 0 Å². The second-order valence-electron chi connectivity index (χ2n) is 5.49. The summed E-state index contributed by atoms with van der Waals surface area (Å²) in [6.45, 7) is 0. The van der Waals surface area contributed by atoms with Gasteiger partial charge in [0, 0.05) is 25.7 Å². The number of nitrogens with one attached hydrogen (secondary N) is 1. The van der Waals surface area contributed by atoms with Crippen molar-refractivity contribution in [3.63, 3.8) is 0 Å². The molecular weight excluding hydrogens is 323 g/mol. The molecule has 2 amide bonds. The fourth-order valence-corrected chi connectivity index (χ4v) is 2.12. The molecule has 5 nitrogen and oxygen atoms in total.